The molecule has 0 aliphatic rings. The predicted octanol–water partition coefficient (Wildman–Crippen LogP) is 7.57. The number of halogens is 2. The van der Waals surface area contributed by atoms with Gasteiger partial charge in [0.15, 0.2) is 11.5 Å². The molecule has 0 spiro atoms. The van der Waals surface area contributed by atoms with Crippen LogP contribution in [-0.2, 0) is 17.9 Å². The Morgan fingerprint density at radius 2 is 1.71 bits per heavy atom. The molecule has 3 aromatic rings. The number of nitrogens with one attached hydrogen (secondary N) is 2. The molecule has 0 fully saturated rings. The number of ether oxygens (including phenoxy) is 2. The Labute approximate surface area is 211 Å². The number of carbonyl (C=O) groups excluding carboxylic acids is 1. The van der Waals surface area contributed by atoms with Crippen molar-refractivity contribution < 1.29 is 14.3 Å². The minimum Gasteiger partial charge on any atom is -0.490 e. The number of benzene rings is 3. The minimum atomic E-state index is 0.00710. The molecule has 1 amide bonds. The van der Waals surface area contributed by atoms with Gasteiger partial charge in [0.25, 0.3) is 0 Å². The van der Waals surface area contributed by atoms with E-state index >= 15 is 0 Å². The number of anilines is 2. The van der Waals surface area contributed by atoms with Gasteiger partial charge in [-0.1, -0.05) is 61.3 Å². The normalized spacial score (nSPS) is 10.8. The summed E-state index contributed by atoms with van der Waals surface area (Å²) in [6.45, 7) is 7.24. The molecule has 0 aliphatic heterocycles. The van der Waals surface area contributed by atoms with Crippen molar-refractivity contribution in [3.63, 3.8) is 0 Å². The molecule has 2 N–H and O–H groups in total. The van der Waals surface area contributed by atoms with Crippen molar-refractivity contribution in [1.29, 1.82) is 0 Å². The lowest BCUT2D eigenvalue weighted by atomic mass is 10.1. The van der Waals surface area contributed by atoms with Crippen molar-refractivity contribution >= 4 is 40.5 Å². The van der Waals surface area contributed by atoms with Crippen LogP contribution < -0.4 is 20.1 Å². The minimum absolute atomic E-state index is 0.00710. The third kappa shape index (κ3) is 7.57. The summed E-state index contributed by atoms with van der Waals surface area (Å²) in [5, 5.41) is 7.41. The summed E-state index contributed by atoms with van der Waals surface area (Å²) in [7, 11) is 0. The number of rotatable bonds is 11. The summed E-state index contributed by atoms with van der Waals surface area (Å²) in [6, 6.07) is 18.9. The van der Waals surface area contributed by atoms with Crippen molar-refractivity contribution in [2.24, 2.45) is 5.92 Å². The van der Waals surface area contributed by atoms with E-state index in [9.17, 15) is 4.79 Å². The summed E-state index contributed by atoms with van der Waals surface area (Å²) in [5.74, 6) is 1.38. The lowest BCUT2D eigenvalue weighted by Gasteiger charge is -2.16. The van der Waals surface area contributed by atoms with E-state index < -0.39 is 0 Å². The van der Waals surface area contributed by atoms with Gasteiger partial charge in [0, 0.05) is 34.9 Å². The van der Waals surface area contributed by atoms with Gasteiger partial charge in [-0.2, -0.15) is 0 Å². The zero-order valence-electron chi connectivity index (χ0n) is 19.7. The molecular weight excluding hydrogens is 471 g/mol. The Morgan fingerprint density at radius 1 is 0.941 bits per heavy atom. The van der Waals surface area contributed by atoms with Crippen molar-refractivity contribution in [2.75, 3.05) is 17.2 Å². The van der Waals surface area contributed by atoms with Crippen LogP contribution in [0.2, 0.25) is 10.0 Å². The van der Waals surface area contributed by atoms with Gasteiger partial charge < -0.3 is 20.1 Å². The van der Waals surface area contributed by atoms with E-state index in [4.69, 9.17) is 32.7 Å². The van der Waals surface area contributed by atoms with E-state index in [0.717, 1.165) is 22.5 Å². The average Bonchev–Trinajstić information content (AvgIpc) is 2.78. The molecule has 0 saturated heterocycles. The van der Waals surface area contributed by atoms with Crippen LogP contribution in [0.4, 0.5) is 11.4 Å². The van der Waals surface area contributed by atoms with E-state index in [0.29, 0.717) is 47.0 Å². The summed E-state index contributed by atoms with van der Waals surface area (Å²) < 4.78 is 11.8. The van der Waals surface area contributed by atoms with E-state index in [-0.39, 0.29) is 12.5 Å². The van der Waals surface area contributed by atoms with Gasteiger partial charge in [-0.3, -0.25) is 4.79 Å². The summed E-state index contributed by atoms with van der Waals surface area (Å²) >= 11 is 12.8. The first-order valence-corrected chi connectivity index (χ1v) is 12.1. The zero-order valence-corrected chi connectivity index (χ0v) is 21.2. The first kappa shape index (κ1) is 25.7. The number of carbonyl (C=O) groups is 1. The van der Waals surface area contributed by atoms with Crippen molar-refractivity contribution in [3.05, 3.63) is 81.8 Å². The van der Waals surface area contributed by atoms with Crippen LogP contribution in [0, 0.1) is 5.92 Å². The lowest BCUT2D eigenvalue weighted by molar-refractivity contribution is -0.116. The molecule has 0 unspecified atom stereocenters. The van der Waals surface area contributed by atoms with Crippen LogP contribution in [0.1, 0.15) is 38.3 Å². The molecule has 0 radical (unpaired) electrons. The van der Waals surface area contributed by atoms with Gasteiger partial charge in [0.2, 0.25) is 5.91 Å². The number of hydrogen-bond donors (Lipinski definition) is 2. The molecule has 0 atom stereocenters. The molecule has 0 heterocycles. The summed E-state index contributed by atoms with van der Waals surface area (Å²) in [5.41, 5.74) is 3.45. The second-order valence-electron chi connectivity index (χ2n) is 8.30. The van der Waals surface area contributed by atoms with Crippen LogP contribution in [-0.4, -0.2) is 12.5 Å². The highest BCUT2D eigenvalue weighted by Crippen LogP contribution is 2.38. The Morgan fingerprint density at radius 3 is 2.44 bits per heavy atom. The van der Waals surface area contributed by atoms with Gasteiger partial charge in [-0.15, -0.1) is 0 Å². The maximum atomic E-state index is 12.1. The van der Waals surface area contributed by atoms with Gasteiger partial charge in [0.05, 0.1) is 11.6 Å². The van der Waals surface area contributed by atoms with Crippen LogP contribution in [0.25, 0.3) is 0 Å². The fourth-order valence-corrected chi connectivity index (χ4v) is 3.86. The third-order valence-electron chi connectivity index (χ3n) is 4.94. The highest BCUT2D eigenvalue weighted by atomic mass is 35.5. The van der Waals surface area contributed by atoms with Crippen molar-refractivity contribution in [1.82, 2.24) is 0 Å². The maximum Gasteiger partial charge on any atom is 0.224 e. The van der Waals surface area contributed by atoms with E-state index in [1.165, 1.54) is 0 Å². The second-order valence-corrected chi connectivity index (χ2v) is 9.11. The molecule has 0 aliphatic carbocycles. The van der Waals surface area contributed by atoms with E-state index in [2.05, 4.69) is 10.6 Å². The zero-order chi connectivity index (χ0) is 24.5. The third-order valence-corrected chi connectivity index (χ3v) is 5.59. The van der Waals surface area contributed by atoms with Crippen LogP contribution in [0.15, 0.2) is 60.7 Å². The largest absolute Gasteiger partial charge is 0.490 e. The van der Waals surface area contributed by atoms with Crippen LogP contribution in [0.3, 0.4) is 0 Å². The van der Waals surface area contributed by atoms with Crippen LogP contribution >= 0.6 is 23.2 Å². The fraction of sp³-hybridized carbons (Fsp3) is 0.296. The molecule has 3 rings (SSSR count). The van der Waals surface area contributed by atoms with E-state index in [1.54, 1.807) is 0 Å². The van der Waals surface area contributed by atoms with E-state index in [1.807, 2.05) is 81.4 Å². The Kier molecular flexibility index (Phi) is 9.49. The predicted molar refractivity (Wildman–Crippen MR) is 140 cm³/mol. The van der Waals surface area contributed by atoms with Gasteiger partial charge >= 0.3 is 0 Å². The first-order chi connectivity index (χ1) is 16.4. The Balaban J connectivity index is 1.69. The Bertz CT molecular complexity index is 1120. The number of hydrogen-bond acceptors (Lipinski definition) is 4. The quantitative estimate of drug-likeness (QED) is 0.285. The lowest BCUT2D eigenvalue weighted by Crippen LogP contribution is -2.13. The SMILES string of the molecule is CCOc1cc(CNc2cccc(NC(=O)CC(C)C)c2)cc(Cl)c1OCc1ccccc1Cl. The summed E-state index contributed by atoms with van der Waals surface area (Å²) in [4.78, 5) is 12.1. The monoisotopic (exact) mass is 500 g/mol. The molecule has 180 valence electrons. The Hall–Kier alpha value is -2.89. The second kappa shape index (κ2) is 12.5. The van der Waals surface area contributed by atoms with Crippen molar-refractivity contribution in [2.45, 2.75) is 40.3 Å². The molecule has 7 heteroatoms. The first-order valence-electron chi connectivity index (χ1n) is 11.3. The molecular formula is C27H30Cl2N2O3. The summed E-state index contributed by atoms with van der Waals surface area (Å²) in [6.07, 6.45) is 0.487. The van der Waals surface area contributed by atoms with Crippen LogP contribution in [0.5, 0.6) is 11.5 Å². The molecule has 0 aromatic heterocycles. The van der Waals surface area contributed by atoms with Crippen molar-refractivity contribution in [3.8, 4) is 11.5 Å². The molecule has 0 saturated carbocycles. The molecule has 5 nitrogen and oxygen atoms in total. The van der Waals surface area contributed by atoms with Gasteiger partial charge in [-0.25, -0.2) is 0 Å². The number of amides is 1. The molecule has 3 aromatic carbocycles. The smallest absolute Gasteiger partial charge is 0.224 e. The molecule has 34 heavy (non-hydrogen) atoms. The maximum absolute atomic E-state index is 12.1. The van der Waals surface area contributed by atoms with Gasteiger partial charge in [0.1, 0.15) is 6.61 Å². The standard InChI is InChI=1S/C27H30Cl2N2O3/c1-4-33-25-14-19(13-24(29)27(25)34-17-20-8-5-6-11-23(20)28)16-30-21-9-7-10-22(15-21)31-26(32)12-18(2)3/h5-11,13-15,18,30H,4,12,16-17H2,1-3H3,(H,31,32). The topological polar surface area (TPSA) is 59.6 Å². The average molecular weight is 501 g/mol. The molecule has 0 bridgehead atoms. The van der Waals surface area contributed by atoms with Gasteiger partial charge in [-0.05, 0) is 54.8 Å². The highest BCUT2D eigenvalue weighted by molar-refractivity contribution is 6.32. The fourth-order valence-electron chi connectivity index (χ4n) is 3.39. The highest BCUT2D eigenvalue weighted by Gasteiger charge is 2.14.